The molecule has 1 aromatic carbocycles. The third kappa shape index (κ3) is 2.03. The lowest BCUT2D eigenvalue weighted by Crippen LogP contribution is -1.99. The Labute approximate surface area is 71.0 Å². The van der Waals surface area contributed by atoms with Crippen molar-refractivity contribution in [3.8, 4) is 5.75 Å². The van der Waals surface area contributed by atoms with Crippen LogP contribution < -0.4 is 16.4 Å². The molecule has 0 aliphatic heterocycles. The van der Waals surface area contributed by atoms with Gasteiger partial charge in [0.1, 0.15) is 0 Å². The van der Waals surface area contributed by atoms with Crippen molar-refractivity contribution in [3.63, 3.8) is 0 Å². The van der Waals surface area contributed by atoms with Gasteiger partial charge in [-0.3, -0.25) is 0 Å². The lowest BCUT2D eigenvalue weighted by molar-refractivity contribution is -0.201. The summed E-state index contributed by atoms with van der Waals surface area (Å²) in [6.45, 7) is 2.30. The van der Waals surface area contributed by atoms with E-state index in [1.165, 1.54) is 0 Å². The van der Waals surface area contributed by atoms with Gasteiger partial charge in [0.2, 0.25) is 0 Å². The van der Waals surface area contributed by atoms with Crippen LogP contribution in [0, 0.1) is 0 Å². The smallest absolute Gasteiger partial charge is 0.188 e. The first kappa shape index (κ1) is 8.67. The van der Waals surface area contributed by atoms with Gasteiger partial charge in [0.05, 0.1) is 12.3 Å². The molecule has 0 radical (unpaired) electrons. The van der Waals surface area contributed by atoms with Crippen LogP contribution in [-0.4, -0.2) is 6.61 Å². The molecule has 0 fully saturated rings. The average molecular weight is 168 g/mol. The van der Waals surface area contributed by atoms with Crippen LogP contribution >= 0.6 is 0 Å². The molecule has 1 aromatic rings. The molecule has 4 N–H and O–H groups in total. The van der Waals surface area contributed by atoms with E-state index in [9.17, 15) is 0 Å². The van der Waals surface area contributed by atoms with Gasteiger partial charge in [-0.1, -0.05) is 0 Å². The highest BCUT2D eigenvalue weighted by Crippen LogP contribution is 2.23. The van der Waals surface area contributed by atoms with Gasteiger partial charge in [-0.15, -0.1) is 0 Å². The van der Waals surface area contributed by atoms with Crippen molar-refractivity contribution in [3.05, 3.63) is 18.2 Å². The molecule has 0 aliphatic rings. The summed E-state index contributed by atoms with van der Waals surface area (Å²) in [5.74, 6) is 0.492. The van der Waals surface area contributed by atoms with Crippen molar-refractivity contribution in [2.75, 3.05) is 18.1 Å². The van der Waals surface area contributed by atoms with Gasteiger partial charge in [0, 0.05) is 5.69 Å². The lowest BCUT2D eigenvalue weighted by atomic mass is 10.3. The highest BCUT2D eigenvalue weighted by atomic mass is 17.2. The standard InChI is InChI=1S/C8H12N2O2/c1-2-11-12-8-4-3-6(9)5-7(8)10/h3-5H,2,9-10H2,1H3. The zero-order valence-corrected chi connectivity index (χ0v) is 6.91. The Kier molecular flexibility index (Phi) is 2.76. The Bertz CT molecular complexity index is 263. The maximum absolute atomic E-state index is 5.58. The van der Waals surface area contributed by atoms with E-state index in [1.54, 1.807) is 18.2 Å². The predicted octanol–water partition coefficient (Wildman–Crippen LogP) is 1.18. The Hall–Kier alpha value is -1.42. The number of rotatable bonds is 3. The molecule has 0 aliphatic carbocycles. The fourth-order valence-electron chi connectivity index (χ4n) is 0.765. The molecular formula is C8H12N2O2. The van der Waals surface area contributed by atoms with Crippen molar-refractivity contribution < 1.29 is 9.78 Å². The van der Waals surface area contributed by atoms with Crippen LogP contribution in [0.5, 0.6) is 5.75 Å². The van der Waals surface area contributed by atoms with E-state index in [1.807, 2.05) is 6.92 Å². The largest absolute Gasteiger partial charge is 0.399 e. The van der Waals surface area contributed by atoms with E-state index in [4.69, 9.17) is 21.2 Å². The summed E-state index contributed by atoms with van der Waals surface area (Å²) in [6, 6.07) is 4.99. The molecule has 0 saturated carbocycles. The molecule has 4 nitrogen and oxygen atoms in total. The van der Waals surface area contributed by atoms with Gasteiger partial charge in [-0.2, -0.15) is 4.89 Å². The van der Waals surface area contributed by atoms with E-state index in [-0.39, 0.29) is 0 Å². The van der Waals surface area contributed by atoms with Gasteiger partial charge in [0.25, 0.3) is 0 Å². The van der Waals surface area contributed by atoms with E-state index in [0.717, 1.165) is 0 Å². The third-order valence-corrected chi connectivity index (χ3v) is 1.30. The first-order valence-corrected chi connectivity index (χ1v) is 3.68. The van der Waals surface area contributed by atoms with Gasteiger partial charge < -0.3 is 16.4 Å². The quantitative estimate of drug-likeness (QED) is 0.404. The number of nitrogens with two attached hydrogens (primary N) is 2. The number of hydrogen-bond acceptors (Lipinski definition) is 4. The summed E-state index contributed by atoms with van der Waals surface area (Å²) >= 11 is 0. The Morgan fingerprint density at radius 1 is 1.33 bits per heavy atom. The molecule has 0 spiro atoms. The van der Waals surface area contributed by atoms with E-state index in [0.29, 0.717) is 23.7 Å². The molecule has 4 heteroatoms. The van der Waals surface area contributed by atoms with Crippen molar-refractivity contribution >= 4 is 11.4 Å². The van der Waals surface area contributed by atoms with Crippen LogP contribution in [-0.2, 0) is 4.89 Å². The van der Waals surface area contributed by atoms with Crippen LogP contribution in [0.3, 0.4) is 0 Å². The maximum atomic E-state index is 5.58. The van der Waals surface area contributed by atoms with Crippen LogP contribution in [0.1, 0.15) is 6.92 Å². The van der Waals surface area contributed by atoms with Crippen molar-refractivity contribution in [2.24, 2.45) is 0 Å². The zero-order valence-electron chi connectivity index (χ0n) is 6.91. The number of benzene rings is 1. The fourth-order valence-corrected chi connectivity index (χ4v) is 0.765. The highest BCUT2D eigenvalue weighted by Gasteiger charge is 2.00. The van der Waals surface area contributed by atoms with Gasteiger partial charge in [-0.25, -0.2) is 0 Å². The zero-order chi connectivity index (χ0) is 8.97. The number of anilines is 2. The summed E-state index contributed by atoms with van der Waals surface area (Å²) in [5, 5.41) is 0. The highest BCUT2D eigenvalue weighted by molar-refractivity contribution is 5.60. The molecular weight excluding hydrogens is 156 g/mol. The lowest BCUT2D eigenvalue weighted by Gasteiger charge is -2.05. The second-order valence-electron chi connectivity index (χ2n) is 2.29. The van der Waals surface area contributed by atoms with Crippen LogP contribution in [0.25, 0.3) is 0 Å². The monoisotopic (exact) mass is 168 g/mol. The SMILES string of the molecule is CCOOc1ccc(N)cc1N. The van der Waals surface area contributed by atoms with Gasteiger partial charge in [0.15, 0.2) is 5.75 Å². The first-order chi connectivity index (χ1) is 5.74. The number of nitrogen functional groups attached to an aromatic ring is 2. The second kappa shape index (κ2) is 3.82. The third-order valence-electron chi connectivity index (χ3n) is 1.30. The van der Waals surface area contributed by atoms with E-state index >= 15 is 0 Å². The summed E-state index contributed by atoms with van der Waals surface area (Å²) in [7, 11) is 0. The van der Waals surface area contributed by atoms with Crippen molar-refractivity contribution in [1.29, 1.82) is 0 Å². The summed E-state index contributed by atoms with van der Waals surface area (Å²) < 4.78 is 0. The molecule has 12 heavy (non-hydrogen) atoms. The summed E-state index contributed by atoms with van der Waals surface area (Å²) in [4.78, 5) is 9.58. The maximum Gasteiger partial charge on any atom is 0.188 e. The normalized spacial score (nSPS) is 9.75. The molecule has 0 bridgehead atoms. The Balaban J connectivity index is 2.72. The summed E-state index contributed by atoms with van der Waals surface area (Å²) in [5.41, 5.74) is 12.1. The fraction of sp³-hybridized carbons (Fsp3) is 0.250. The first-order valence-electron chi connectivity index (χ1n) is 3.68. The molecule has 0 heterocycles. The minimum atomic E-state index is 0.475. The molecule has 0 atom stereocenters. The minimum Gasteiger partial charge on any atom is -0.399 e. The summed E-state index contributed by atoms with van der Waals surface area (Å²) in [6.07, 6.45) is 0. The predicted molar refractivity (Wildman–Crippen MR) is 47.5 cm³/mol. The van der Waals surface area contributed by atoms with Crippen LogP contribution in [0.15, 0.2) is 18.2 Å². The minimum absolute atomic E-state index is 0.475. The van der Waals surface area contributed by atoms with Gasteiger partial charge in [-0.05, 0) is 25.1 Å². The molecule has 1 rings (SSSR count). The molecule has 66 valence electrons. The second-order valence-corrected chi connectivity index (χ2v) is 2.29. The molecule has 0 aromatic heterocycles. The molecule has 0 unspecified atom stereocenters. The van der Waals surface area contributed by atoms with Crippen molar-refractivity contribution in [1.82, 2.24) is 0 Å². The van der Waals surface area contributed by atoms with Gasteiger partial charge >= 0.3 is 0 Å². The van der Waals surface area contributed by atoms with E-state index in [2.05, 4.69) is 0 Å². The van der Waals surface area contributed by atoms with Crippen LogP contribution in [0.4, 0.5) is 11.4 Å². The molecule has 0 amide bonds. The molecule has 0 saturated heterocycles. The van der Waals surface area contributed by atoms with E-state index < -0.39 is 0 Å². The average Bonchev–Trinajstić information content (AvgIpc) is 2.03. The van der Waals surface area contributed by atoms with Crippen LogP contribution in [0.2, 0.25) is 0 Å². The topological polar surface area (TPSA) is 70.5 Å². The Morgan fingerprint density at radius 3 is 2.67 bits per heavy atom. The van der Waals surface area contributed by atoms with Crippen molar-refractivity contribution in [2.45, 2.75) is 6.92 Å². The number of hydrogen-bond donors (Lipinski definition) is 2. The Morgan fingerprint density at radius 2 is 2.08 bits per heavy atom.